The first kappa shape index (κ1) is 13.6. The third-order valence-electron chi connectivity index (χ3n) is 2.86. The number of rotatable bonds is 6. The van der Waals surface area contributed by atoms with Gasteiger partial charge in [0.1, 0.15) is 13.2 Å². The second kappa shape index (κ2) is 6.90. The van der Waals surface area contributed by atoms with Crippen molar-refractivity contribution in [1.29, 1.82) is 0 Å². The van der Waals surface area contributed by atoms with Gasteiger partial charge in [-0.3, -0.25) is 0 Å². The molecule has 100 valence electrons. The summed E-state index contributed by atoms with van der Waals surface area (Å²) >= 11 is 1.96. The van der Waals surface area contributed by atoms with E-state index in [9.17, 15) is 0 Å². The van der Waals surface area contributed by atoms with Crippen LogP contribution in [0.3, 0.4) is 0 Å². The van der Waals surface area contributed by atoms with Crippen LogP contribution in [0.25, 0.3) is 0 Å². The molecule has 0 saturated carbocycles. The van der Waals surface area contributed by atoms with Crippen LogP contribution in [-0.4, -0.2) is 30.8 Å². The van der Waals surface area contributed by atoms with E-state index in [2.05, 4.69) is 25.2 Å². The summed E-state index contributed by atoms with van der Waals surface area (Å²) < 4.78 is 11.3. The number of hydrogen-bond donors (Lipinski definition) is 1. The minimum atomic E-state index is 0.510. The Labute approximate surface area is 113 Å². The number of para-hydroxylation sites is 1. The predicted octanol–water partition coefficient (Wildman–Crippen LogP) is 2.69. The molecule has 1 aromatic carbocycles. The first-order valence-corrected chi connectivity index (χ1v) is 7.65. The van der Waals surface area contributed by atoms with Gasteiger partial charge < -0.3 is 14.8 Å². The molecule has 0 radical (unpaired) electrons. The fraction of sp³-hybridized carbons (Fsp3) is 0.571. The van der Waals surface area contributed by atoms with Crippen molar-refractivity contribution in [2.75, 3.05) is 24.7 Å². The summed E-state index contributed by atoms with van der Waals surface area (Å²) in [4.78, 5) is 0. The quantitative estimate of drug-likeness (QED) is 0.858. The number of fused-ring (bicyclic) bond motifs is 1. The number of hydrogen-bond acceptors (Lipinski definition) is 4. The van der Waals surface area contributed by atoms with Crippen molar-refractivity contribution < 1.29 is 9.47 Å². The van der Waals surface area contributed by atoms with E-state index in [1.807, 2.05) is 23.9 Å². The molecule has 0 bridgehead atoms. The number of nitrogens with one attached hydrogen (secondary N) is 1. The molecule has 0 aromatic heterocycles. The van der Waals surface area contributed by atoms with Crippen LogP contribution >= 0.6 is 11.8 Å². The van der Waals surface area contributed by atoms with Gasteiger partial charge in [0, 0.05) is 23.9 Å². The molecule has 3 nitrogen and oxygen atoms in total. The van der Waals surface area contributed by atoms with Gasteiger partial charge in [-0.25, -0.2) is 0 Å². The Morgan fingerprint density at radius 3 is 3.00 bits per heavy atom. The van der Waals surface area contributed by atoms with Crippen molar-refractivity contribution in [3.63, 3.8) is 0 Å². The molecule has 0 spiro atoms. The third-order valence-corrected chi connectivity index (χ3v) is 4.00. The number of benzene rings is 1. The van der Waals surface area contributed by atoms with Crippen molar-refractivity contribution in [2.45, 2.75) is 26.4 Å². The lowest BCUT2D eigenvalue weighted by molar-refractivity contribution is 0.169. The fourth-order valence-electron chi connectivity index (χ4n) is 1.91. The first-order chi connectivity index (χ1) is 8.81. The largest absolute Gasteiger partial charge is 0.486 e. The Bertz CT molecular complexity index is 384. The molecule has 0 aliphatic carbocycles. The SMILES string of the molecule is CCSCC(C)NCc1cccc2c1OCCO2. The van der Waals surface area contributed by atoms with Crippen LogP contribution in [0.5, 0.6) is 11.5 Å². The van der Waals surface area contributed by atoms with Crippen molar-refractivity contribution in [3.05, 3.63) is 23.8 Å². The Balaban J connectivity index is 1.93. The van der Waals surface area contributed by atoms with Crippen LogP contribution < -0.4 is 14.8 Å². The molecule has 1 aliphatic rings. The van der Waals surface area contributed by atoms with E-state index in [0.717, 1.165) is 23.8 Å². The van der Waals surface area contributed by atoms with E-state index in [1.165, 1.54) is 11.3 Å². The van der Waals surface area contributed by atoms with Gasteiger partial charge in [0.25, 0.3) is 0 Å². The highest BCUT2D eigenvalue weighted by Gasteiger charge is 2.15. The van der Waals surface area contributed by atoms with Crippen molar-refractivity contribution in [2.24, 2.45) is 0 Å². The Morgan fingerprint density at radius 1 is 1.33 bits per heavy atom. The second-order valence-electron chi connectivity index (χ2n) is 4.38. The number of thioether (sulfide) groups is 1. The maximum Gasteiger partial charge on any atom is 0.165 e. The highest BCUT2D eigenvalue weighted by molar-refractivity contribution is 7.99. The topological polar surface area (TPSA) is 30.5 Å². The van der Waals surface area contributed by atoms with E-state index in [1.54, 1.807) is 0 Å². The van der Waals surface area contributed by atoms with Gasteiger partial charge in [-0.05, 0) is 18.7 Å². The summed E-state index contributed by atoms with van der Waals surface area (Å²) in [6.07, 6.45) is 0. The Morgan fingerprint density at radius 2 is 2.17 bits per heavy atom. The molecule has 0 fully saturated rings. The molecule has 2 rings (SSSR count). The Hall–Kier alpha value is -0.870. The van der Waals surface area contributed by atoms with E-state index >= 15 is 0 Å². The molecule has 1 aliphatic heterocycles. The third kappa shape index (κ3) is 3.56. The van der Waals surface area contributed by atoms with Crippen LogP contribution in [0.1, 0.15) is 19.4 Å². The zero-order valence-electron chi connectivity index (χ0n) is 11.1. The Kier molecular flexibility index (Phi) is 5.20. The van der Waals surface area contributed by atoms with Crippen LogP contribution in [0.4, 0.5) is 0 Å². The lowest BCUT2D eigenvalue weighted by Crippen LogP contribution is -2.28. The second-order valence-corrected chi connectivity index (χ2v) is 5.70. The lowest BCUT2D eigenvalue weighted by atomic mass is 10.1. The average Bonchev–Trinajstić information content (AvgIpc) is 2.42. The molecule has 1 unspecified atom stereocenters. The van der Waals surface area contributed by atoms with Gasteiger partial charge in [0.15, 0.2) is 11.5 Å². The molecular weight excluding hydrogens is 246 g/mol. The van der Waals surface area contributed by atoms with Gasteiger partial charge in [-0.1, -0.05) is 19.1 Å². The number of ether oxygens (including phenoxy) is 2. The normalized spacial score (nSPS) is 15.4. The molecule has 0 amide bonds. The molecule has 1 aromatic rings. The van der Waals surface area contributed by atoms with Crippen molar-refractivity contribution in [3.8, 4) is 11.5 Å². The van der Waals surface area contributed by atoms with Gasteiger partial charge in [0.05, 0.1) is 0 Å². The van der Waals surface area contributed by atoms with Crippen LogP contribution in [0.2, 0.25) is 0 Å². The van der Waals surface area contributed by atoms with Crippen molar-refractivity contribution in [1.82, 2.24) is 5.32 Å². The summed E-state index contributed by atoms with van der Waals surface area (Å²) in [5.74, 6) is 4.09. The van der Waals surface area contributed by atoms with E-state index in [4.69, 9.17) is 9.47 Å². The summed E-state index contributed by atoms with van der Waals surface area (Å²) in [5, 5.41) is 3.53. The summed E-state index contributed by atoms with van der Waals surface area (Å²) in [6.45, 7) is 6.53. The minimum absolute atomic E-state index is 0.510. The standard InChI is InChI=1S/C14H21NO2S/c1-3-18-10-11(2)15-9-12-5-4-6-13-14(12)17-8-7-16-13/h4-6,11,15H,3,7-10H2,1-2H3. The maximum atomic E-state index is 5.70. The van der Waals surface area contributed by atoms with E-state index < -0.39 is 0 Å². The van der Waals surface area contributed by atoms with Gasteiger partial charge in [-0.2, -0.15) is 11.8 Å². The van der Waals surface area contributed by atoms with Crippen LogP contribution in [0.15, 0.2) is 18.2 Å². The van der Waals surface area contributed by atoms with E-state index in [0.29, 0.717) is 19.3 Å². The molecule has 1 N–H and O–H groups in total. The maximum absolute atomic E-state index is 5.70. The predicted molar refractivity (Wildman–Crippen MR) is 76.7 cm³/mol. The first-order valence-electron chi connectivity index (χ1n) is 6.50. The average molecular weight is 267 g/mol. The molecule has 0 saturated heterocycles. The highest BCUT2D eigenvalue weighted by atomic mass is 32.2. The molecular formula is C14H21NO2S. The zero-order chi connectivity index (χ0) is 12.8. The van der Waals surface area contributed by atoms with Crippen LogP contribution in [-0.2, 0) is 6.54 Å². The molecule has 4 heteroatoms. The van der Waals surface area contributed by atoms with Gasteiger partial charge >= 0.3 is 0 Å². The highest BCUT2D eigenvalue weighted by Crippen LogP contribution is 2.33. The lowest BCUT2D eigenvalue weighted by Gasteiger charge is -2.22. The fourth-order valence-corrected chi connectivity index (χ4v) is 2.62. The summed E-state index contributed by atoms with van der Waals surface area (Å²) in [7, 11) is 0. The minimum Gasteiger partial charge on any atom is -0.486 e. The van der Waals surface area contributed by atoms with Gasteiger partial charge in [-0.15, -0.1) is 0 Å². The van der Waals surface area contributed by atoms with Gasteiger partial charge in [0.2, 0.25) is 0 Å². The monoisotopic (exact) mass is 267 g/mol. The smallest absolute Gasteiger partial charge is 0.165 e. The molecule has 18 heavy (non-hydrogen) atoms. The molecule has 1 atom stereocenters. The molecule has 1 heterocycles. The van der Waals surface area contributed by atoms with E-state index in [-0.39, 0.29) is 0 Å². The summed E-state index contributed by atoms with van der Waals surface area (Å²) in [6, 6.07) is 6.60. The van der Waals surface area contributed by atoms with Crippen LogP contribution in [0, 0.1) is 0 Å². The van der Waals surface area contributed by atoms with Crippen molar-refractivity contribution >= 4 is 11.8 Å². The summed E-state index contributed by atoms with van der Waals surface area (Å²) in [5.41, 5.74) is 1.18. The zero-order valence-corrected chi connectivity index (χ0v) is 11.9.